The van der Waals surface area contributed by atoms with Crippen LogP contribution in [0, 0.1) is 5.92 Å². The Bertz CT molecular complexity index is 405. The minimum absolute atomic E-state index is 0.515. The largest absolute Gasteiger partial charge is 0.496 e. The van der Waals surface area contributed by atoms with Gasteiger partial charge in [-0.25, -0.2) is 0 Å². The molecule has 2 heteroatoms. The van der Waals surface area contributed by atoms with E-state index in [0.29, 0.717) is 5.92 Å². The van der Waals surface area contributed by atoms with E-state index < -0.39 is 0 Å². The Hall–Kier alpha value is -0.950. The third kappa shape index (κ3) is 2.59. The first-order chi connectivity index (χ1) is 7.49. The van der Waals surface area contributed by atoms with Gasteiger partial charge in [0.05, 0.1) is 12.1 Å². The lowest BCUT2D eigenvalue weighted by molar-refractivity contribution is 0.413. The molecule has 0 unspecified atom stereocenters. The Labute approximate surface area is 103 Å². The molecular weight excluding hydrogens is 220 g/mol. The molecule has 0 aliphatic heterocycles. The molecule has 16 heavy (non-hydrogen) atoms. The number of halogens is 1. The van der Waals surface area contributed by atoms with Crippen molar-refractivity contribution in [2.45, 2.75) is 27.7 Å². The van der Waals surface area contributed by atoms with Gasteiger partial charge in [-0.05, 0) is 37.5 Å². The fourth-order valence-electron chi connectivity index (χ4n) is 1.67. The normalized spacial score (nSPS) is 12.7. The maximum absolute atomic E-state index is 6.24. The monoisotopic (exact) mass is 238 g/mol. The van der Waals surface area contributed by atoms with Crippen molar-refractivity contribution in [1.82, 2.24) is 0 Å². The summed E-state index contributed by atoms with van der Waals surface area (Å²) in [7, 11) is 1.67. The molecule has 0 aromatic heterocycles. The van der Waals surface area contributed by atoms with Crippen molar-refractivity contribution in [3.63, 3.8) is 0 Å². The average Bonchev–Trinajstić information content (AvgIpc) is 2.26. The lowest BCUT2D eigenvalue weighted by atomic mass is 9.94. The lowest BCUT2D eigenvalue weighted by Gasteiger charge is -2.15. The SMILES string of the molecule is COc1cccc(Cl)c1/C(C)=C(\C)C(C)C. The van der Waals surface area contributed by atoms with Crippen molar-refractivity contribution < 1.29 is 4.74 Å². The van der Waals surface area contributed by atoms with Crippen molar-refractivity contribution in [3.05, 3.63) is 34.4 Å². The van der Waals surface area contributed by atoms with Crippen molar-refractivity contribution in [2.24, 2.45) is 5.92 Å². The highest BCUT2D eigenvalue weighted by atomic mass is 35.5. The summed E-state index contributed by atoms with van der Waals surface area (Å²) < 4.78 is 5.36. The molecule has 0 bridgehead atoms. The topological polar surface area (TPSA) is 9.23 Å². The molecule has 1 rings (SSSR count). The molecular formula is C14H19ClO. The van der Waals surface area contributed by atoms with Gasteiger partial charge in [-0.2, -0.15) is 0 Å². The van der Waals surface area contributed by atoms with Crippen LogP contribution in [0.1, 0.15) is 33.3 Å². The van der Waals surface area contributed by atoms with Crippen LogP contribution >= 0.6 is 11.6 Å². The summed E-state index contributed by atoms with van der Waals surface area (Å²) in [6, 6.07) is 5.75. The van der Waals surface area contributed by atoms with Gasteiger partial charge >= 0.3 is 0 Å². The van der Waals surface area contributed by atoms with Gasteiger partial charge in [0.1, 0.15) is 5.75 Å². The summed E-state index contributed by atoms with van der Waals surface area (Å²) in [5.74, 6) is 1.35. The predicted molar refractivity (Wildman–Crippen MR) is 71.1 cm³/mol. The predicted octanol–water partition coefficient (Wildman–Crippen LogP) is 4.80. The van der Waals surface area contributed by atoms with Crippen molar-refractivity contribution in [2.75, 3.05) is 7.11 Å². The van der Waals surface area contributed by atoms with Crippen LogP contribution in [0.2, 0.25) is 5.02 Å². The molecule has 1 nitrogen and oxygen atoms in total. The van der Waals surface area contributed by atoms with Crippen molar-refractivity contribution in [1.29, 1.82) is 0 Å². The highest BCUT2D eigenvalue weighted by Gasteiger charge is 2.12. The van der Waals surface area contributed by atoms with Gasteiger partial charge in [-0.15, -0.1) is 0 Å². The fraction of sp³-hybridized carbons (Fsp3) is 0.429. The molecule has 0 atom stereocenters. The second-order valence-corrected chi connectivity index (χ2v) is 4.69. The van der Waals surface area contributed by atoms with Gasteiger partial charge in [-0.1, -0.05) is 37.1 Å². The molecule has 0 radical (unpaired) electrons. The summed E-state index contributed by atoms with van der Waals surface area (Å²) in [5.41, 5.74) is 3.56. The number of allylic oxidation sites excluding steroid dienone is 2. The van der Waals surface area contributed by atoms with Crippen molar-refractivity contribution >= 4 is 17.2 Å². The summed E-state index contributed by atoms with van der Waals surface area (Å²) in [4.78, 5) is 0. The first-order valence-corrected chi connectivity index (χ1v) is 5.87. The minimum Gasteiger partial charge on any atom is -0.496 e. The Morgan fingerprint density at radius 3 is 2.38 bits per heavy atom. The van der Waals surface area contributed by atoms with E-state index in [1.807, 2.05) is 18.2 Å². The quantitative estimate of drug-likeness (QED) is 0.735. The van der Waals surface area contributed by atoms with E-state index in [9.17, 15) is 0 Å². The number of methoxy groups -OCH3 is 1. The van der Waals surface area contributed by atoms with E-state index in [2.05, 4.69) is 27.7 Å². The molecule has 88 valence electrons. The van der Waals surface area contributed by atoms with Gasteiger partial charge < -0.3 is 4.74 Å². The Kier molecular flexibility index (Phi) is 4.43. The lowest BCUT2D eigenvalue weighted by Crippen LogP contribution is -1.97. The second-order valence-electron chi connectivity index (χ2n) is 4.28. The van der Waals surface area contributed by atoms with E-state index in [1.54, 1.807) is 7.11 Å². The third-order valence-electron chi connectivity index (χ3n) is 3.03. The molecule has 0 N–H and O–H groups in total. The van der Waals surface area contributed by atoms with Crippen molar-refractivity contribution in [3.8, 4) is 5.75 Å². The summed E-state index contributed by atoms with van der Waals surface area (Å²) in [5, 5.41) is 0.747. The molecule has 0 fully saturated rings. The highest BCUT2D eigenvalue weighted by Crippen LogP contribution is 2.35. The average molecular weight is 239 g/mol. The van der Waals surface area contributed by atoms with Gasteiger partial charge in [0.15, 0.2) is 0 Å². The van der Waals surface area contributed by atoms with Crippen LogP contribution in [-0.2, 0) is 0 Å². The Morgan fingerprint density at radius 2 is 1.88 bits per heavy atom. The molecule has 0 aliphatic rings. The molecule has 1 aromatic carbocycles. The van der Waals surface area contributed by atoms with Crippen LogP contribution in [0.15, 0.2) is 23.8 Å². The first-order valence-electron chi connectivity index (χ1n) is 5.49. The smallest absolute Gasteiger partial charge is 0.127 e. The second kappa shape index (κ2) is 5.40. The molecule has 0 aliphatic carbocycles. The number of benzene rings is 1. The number of hydrogen-bond acceptors (Lipinski definition) is 1. The molecule has 0 amide bonds. The van der Waals surface area contributed by atoms with E-state index in [0.717, 1.165) is 16.3 Å². The number of hydrogen-bond donors (Lipinski definition) is 0. The zero-order chi connectivity index (χ0) is 12.3. The zero-order valence-electron chi connectivity index (χ0n) is 10.6. The summed E-state index contributed by atoms with van der Waals surface area (Å²) >= 11 is 6.24. The molecule has 0 spiro atoms. The maximum atomic E-state index is 6.24. The van der Waals surface area contributed by atoms with Crippen LogP contribution in [0.5, 0.6) is 5.75 Å². The molecule has 0 saturated heterocycles. The first kappa shape index (κ1) is 13.1. The van der Waals surface area contributed by atoms with E-state index in [-0.39, 0.29) is 0 Å². The molecule has 0 heterocycles. The Balaban J connectivity index is 3.38. The number of ether oxygens (including phenoxy) is 1. The van der Waals surface area contributed by atoms with Gasteiger partial charge in [-0.3, -0.25) is 0 Å². The van der Waals surface area contributed by atoms with Gasteiger partial charge in [0.25, 0.3) is 0 Å². The van der Waals surface area contributed by atoms with E-state index >= 15 is 0 Å². The van der Waals surface area contributed by atoms with E-state index in [1.165, 1.54) is 11.1 Å². The van der Waals surface area contributed by atoms with E-state index in [4.69, 9.17) is 16.3 Å². The number of rotatable bonds is 3. The van der Waals surface area contributed by atoms with Gasteiger partial charge in [0.2, 0.25) is 0 Å². The fourth-order valence-corrected chi connectivity index (χ4v) is 1.98. The van der Waals surface area contributed by atoms with Crippen LogP contribution in [-0.4, -0.2) is 7.11 Å². The minimum atomic E-state index is 0.515. The standard InChI is InChI=1S/C14H19ClO/c1-9(2)10(3)11(4)14-12(15)7-6-8-13(14)16-5/h6-9H,1-5H3/b11-10+. The molecule has 0 saturated carbocycles. The van der Waals surface area contributed by atoms with Crippen LogP contribution in [0.4, 0.5) is 0 Å². The zero-order valence-corrected chi connectivity index (χ0v) is 11.4. The van der Waals surface area contributed by atoms with Gasteiger partial charge in [0, 0.05) is 5.56 Å². The van der Waals surface area contributed by atoms with Crippen LogP contribution < -0.4 is 4.74 Å². The third-order valence-corrected chi connectivity index (χ3v) is 3.34. The summed E-state index contributed by atoms with van der Waals surface area (Å²) in [6.07, 6.45) is 0. The summed E-state index contributed by atoms with van der Waals surface area (Å²) in [6.45, 7) is 8.60. The highest BCUT2D eigenvalue weighted by molar-refractivity contribution is 6.32. The van der Waals surface area contributed by atoms with Crippen LogP contribution in [0.25, 0.3) is 5.57 Å². The Morgan fingerprint density at radius 1 is 1.25 bits per heavy atom. The molecule has 1 aromatic rings. The van der Waals surface area contributed by atoms with Crippen LogP contribution in [0.3, 0.4) is 0 Å². The maximum Gasteiger partial charge on any atom is 0.127 e.